The Balaban J connectivity index is 1.84. The van der Waals surface area contributed by atoms with Gasteiger partial charge in [-0.2, -0.15) is 0 Å². The van der Waals surface area contributed by atoms with Crippen LogP contribution in [-0.4, -0.2) is 21.6 Å². The number of hydrogen-bond donors (Lipinski definition) is 1. The highest BCUT2D eigenvalue weighted by molar-refractivity contribution is 7.89. The molecule has 1 aromatic carbocycles. The minimum absolute atomic E-state index is 0.0746. The fraction of sp³-hybridized carbons (Fsp3) is 0.524. The van der Waals surface area contributed by atoms with E-state index in [-0.39, 0.29) is 5.41 Å². The van der Waals surface area contributed by atoms with Gasteiger partial charge >= 0.3 is 0 Å². The molecule has 1 aliphatic rings. The highest BCUT2D eigenvalue weighted by Gasteiger charge is 2.36. The second-order valence-electron chi connectivity index (χ2n) is 7.46. The fourth-order valence-corrected chi connectivity index (χ4v) is 6.36. The molecule has 0 bridgehead atoms. The molecule has 0 saturated heterocycles. The molecule has 148 valence electrons. The van der Waals surface area contributed by atoms with Gasteiger partial charge in [-0.15, -0.1) is 11.3 Å². The van der Waals surface area contributed by atoms with Crippen LogP contribution in [0.4, 0.5) is 0 Å². The molecule has 4 nitrogen and oxygen atoms in total. The van der Waals surface area contributed by atoms with Gasteiger partial charge in [0.1, 0.15) is 5.75 Å². The Kier molecular flexibility index (Phi) is 6.28. The van der Waals surface area contributed by atoms with Crippen molar-refractivity contribution >= 4 is 21.4 Å². The number of rotatable bonds is 7. The fourth-order valence-electron chi connectivity index (χ4n) is 4.07. The number of nitrogens with one attached hydrogen (secondary N) is 1. The van der Waals surface area contributed by atoms with Crippen LogP contribution in [0.3, 0.4) is 0 Å². The van der Waals surface area contributed by atoms with Gasteiger partial charge in [-0.25, -0.2) is 13.1 Å². The van der Waals surface area contributed by atoms with Crippen LogP contribution in [-0.2, 0) is 15.4 Å². The predicted octanol–water partition coefficient (Wildman–Crippen LogP) is 4.94. The lowest BCUT2D eigenvalue weighted by atomic mass is 9.73. The Morgan fingerprint density at radius 2 is 1.81 bits per heavy atom. The third kappa shape index (κ3) is 4.39. The first-order chi connectivity index (χ1) is 12.9. The van der Waals surface area contributed by atoms with E-state index in [4.69, 9.17) is 4.74 Å². The van der Waals surface area contributed by atoms with Crippen molar-refractivity contribution in [1.82, 2.24) is 4.72 Å². The van der Waals surface area contributed by atoms with Crippen LogP contribution in [0.5, 0.6) is 5.75 Å². The van der Waals surface area contributed by atoms with E-state index in [1.165, 1.54) is 11.3 Å². The Morgan fingerprint density at radius 1 is 1.15 bits per heavy atom. The zero-order valence-electron chi connectivity index (χ0n) is 16.4. The molecule has 0 radical (unpaired) electrons. The molecule has 0 unspecified atom stereocenters. The molecule has 1 fully saturated rings. The van der Waals surface area contributed by atoms with Gasteiger partial charge in [0.15, 0.2) is 0 Å². The lowest BCUT2D eigenvalue weighted by Gasteiger charge is -2.36. The van der Waals surface area contributed by atoms with Gasteiger partial charge in [-0.1, -0.05) is 25.3 Å². The molecular weight excluding hydrogens is 378 g/mol. The Labute approximate surface area is 167 Å². The van der Waals surface area contributed by atoms with Crippen molar-refractivity contribution in [3.8, 4) is 5.75 Å². The minimum atomic E-state index is -3.57. The zero-order chi connectivity index (χ0) is 19.5. The SMILES string of the molecule is CCOc1c(C)cc(S(=O)(=O)NCC2(c3cccs3)CCCCC2)cc1C. The lowest BCUT2D eigenvalue weighted by Crippen LogP contribution is -2.41. The van der Waals surface area contributed by atoms with Crippen LogP contribution in [0.15, 0.2) is 34.5 Å². The van der Waals surface area contributed by atoms with Gasteiger partial charge in [-0.3, -0.25) is 0 Å². The number of ether oxygens (including phenoxy) is 1. The van der Waals surface area contributed by atoms with Gasteiger partial charge in [0.2, 0.25) is 10.0 Å². The molecule has 1 saturated carbocycles. The molecule has 3 rings (SSSR count). The molecule has 1 N–H and O–H groups in total. The quantitative estimate of drug-likeness (QED) is 0.707. The maximum absolute atomic E-state index is 13.0. The summed E-state index contributed by atoms with van der Waals surface area (Å²) >= 11 is 1.74. The molecule has 0 spiro atoms. The molecular formula is C21H29NO3S2. The molecule has 2 aromatic rings. The number of hydrogen-bond acceptors (Lipinski definition) is 4. The van der Waals surface area contributed by atoms with E-state index in [1.807, 2.05) is 20.8 Å². The van der Waals surface area contributed by atoms with Crippen molar-refractivity contribution in [2.75, 3.05) is 13.2 Å². The van der Waals surface area contributed by atoms with Crippen LogP contribution >= 0.6 is 11.3 Å². The second kappa shape index (κ2) is 8.33. The molecule has 0 atom stereocenters. The summed E-state index contributed by atoms with van der Waals surface area (Å²) in [6, 6.07) is 7.62. The first-order valence-corrected chi connectivity index (χ1v) is 12.0. The molecule has 6 heteroatoms. The monoisotopic (exact) mass is 407 g/mol. The summed E-state index contributed by atoms with van der Waals surface area (Å²) in [5.74, 6) is 0.777. The smallest absolute Gasteiger partial charge is 0.240 e. The van der Waals surface area contributed by atoms with Gasteiger partial charge < -0.3 is 4.74 Å². The van der Waals surface area contributed by atoms with E-state index < -0.39 is 10.0 Å². The maximum Gasteiger partial charge on any atom is 0.240 e. The topological polar surface area (TPSA) is 55.4 Å². The molecule has 0 amide bonds. The average molecular weight is 408 g/mol. The first-order valence-electron chi connectivity index (χ1n) is 9.66. The van der Waals surface area contributed by atoms with Crippen molar-refractivity contribution in [3.05, 3.63) is 45.6 Å². The van der Waals surface area contributed by atoms with Crippen molar-refractivity contribution in [1.29, 1.82) is 0 Å². The molecule has 1 aliphatic carbocycles. The van der Waals surface area contributed by atoms with E-state index in [9.17, 15) is 8.42 Å². The van der Waals surface area contributed by atoms with Crippen LogP contribution in [0.1, 0.15) is 55.0 Å². The van der Waals surface area contributed by atoms with Crippen molar-refractivity contribution < 1.29 is 13.2 Å². The molecule has 0 aliphatic heterocycles. The summed E-state index contributed by atoms with van der Waals surface area (Å²) in [7, 11) is -3.57. The van der Waals surface area contributed by atoms with Crippen LogP contribution in [0.2, 0.25) is 0 Å². The third-order valence-corrected chi connectivity index (χ3v) is 7.98. The number of benzene rings is 1. The summed E-state index contributed by atoms with van der Waals surface area (Å²) in [6.07, 6.45) is 5.62. The first kappa shape index (κ1) is 20.4. The number of sulfonamides is 1. The number of aryl methyl sites for hydroxylation is 2. The summed E-state index contributed by atoms with van der Waals surface area (Å²) in [6.45, 7) is 6.74. The van der Waals surface area contributed by atoms with Gasteiger partial charge in [0.05, 0.1) is 11.5 Å². The largest absolute Gasteiger partial charge is 0.493 e. The Morgan fingerprint density at radius 3 is 2.37 bits per heavy atom. The summed E-state index contributed by atoms with van der Waals surface area (Å²) < 4.78 is 34.6. The van der Waals surface area contributed by atoms with Gasteiger partial charge in [-0.05, 0) is 68.3 Å². The van der Waals surface area contributed by atoms with E-state index in [0.717, 1.165) is 42.6 Å². The summed E-state index contributed by atoms with van der Waals surface area (Å²) in [4.78, 5) is 1.61. The van der Waals surface area contributed by atoms with Crippen LogP contribution in [0.25, 0.3) is 0 Å². The van der Waals surface area contributed by atoms with Crippen LogP contribution in [0, 0.1) is 13.8 Å². The second-order valence-corrected chi connectivity index (χ2v) is 10.2. The molecule has 27 heavy (non-hydrogen) atoms. The Hall–Kier alpha value is -1.37. The highest BCUT2D eigenvalue weighted by atomic mass is 32.2. The zero-order valence-corrected chi connectivity index (χ0v) is 18.0. The molecule has 1 heterocycles. The van der Waals surface area contributed by atoms with Gasteiger partial charge in [0.25, 0.3) is 0 Å². The van der Waals surface area contributed by atoms with Gasteiger partial charge in [0, 0.05) is 16.8 Å². The predicted molar refractivity (Wildman–Crippen MR) is 111 cm³/mol. The maximum atomic E-state index is 13.0. The van der Waals surface area contributed by atoms with E-state index >= 15 is 0 Å². The third-order valence-electron chi connectivity index (χ3n) is 5.49. The van der Waals surface area contributed by atoms with Crippen molar-refractivity contribution in [2.45, 2.75) is 63.2 Å². The normalized spacial score (nSPS) is 17.0. The van der Waals surface area contributed by atoms with Crippen molar-refractivity contribution in [2.24, 2.45) is 0 Å². The summed E-state index contributed by atoms with van der Waals surface area (Å²) in [5.41, 5.74) is 1.63. The van der Waals surface area contributed by atoms with E-state index in [1.54, 1.807) is 23.5 Å². The Bertz CT molecular complexity index is 844. The standard InChI is InChI=1S/C21H29NO3S2/c1-4-25-20-16(2)13-18(14-17(20)3)27(23,24)22-15-21(10-6-5-7-11-21)19-9-8-12-26-19/h8-9,12-14,22H,4-7,10-11,15H2,1-3H3. The van der Waals surface area contributed by atoms with Crippen molar-refractivity contribution in [3.63, 3.8) is 0 Å². The van der Waals surface area contributed by atoms with E-state index in [0.29, 0.717) is 18.0 Å². The van der Waals surface area contributed by atoms with E-state index in [2.05, 4.69) is 22.2 Å². The lowest BCUT2D eigenvalue weighted by molar-refractivity contribution is 0.298. The minimum Gasteiger partial charge on any atom is -0.493 e. The summed E-state index contributed by atoms with van der Waals surface area (Å²) in [5, 5.41) is 2.08. The molecule has 1 aromatic heterocycles. The van der Waals surface area contributed by atoms with Crippen LogP contribution < -0.4 is 9.46 Å². The highest BCUT2D eigenvalue weighted by Crippen LogP contribution is 2.41. The average Bonchev–Trinajstić information content (AvgIpc) is 3.19. The number of thiophene rings is 1.